The number of hydrogen-bond acceptors (Lipinski definition) is 4. The highest BCUT2D eigenvalue weighted by Gasteiger charge is 2.28. The third-order valence-corrected chi connectivity index (χ3v) is 7.07. The number of benzene rings is 1. The Morgan fingerprint density at radius 3 is 2.73 bits per heavy atom. The van der Waals surface area contributed by atoms with Crippen molar-refractivity contribution in [2.45, 2.75) is 62.9 Å². The van der Waals surface area contributed by atoms with Crippen LogP contribution in [0.25, 0.3) is 0 Å². The molecule has 1 heterocycles. The molecule has 3 rings (SSSR count). The highest BCUT2D eigenvalue weighted by molar-refractivity contribution is 7.89. The van der Waals surface area contributed by atoms with Crippen LogP contribution in [0.5, 0.6) is 0 Å². The number of hydrogen-bond donors (Lipinski definition) is 2. The lowest BCUT2D eigenvalue weighted by molar-refractivity contribution is -0.134. The van der Waals surface area contributed by atoms with E-state index in [0.717, 1.165) is 31.4 Å². The molecule has 1 aliphatic heterocycles. The summed E-state index contributed by atoms with van der Waals surface area (Å²) in [7, 11) is -3.58. The summed E-state index contributed by atoms with van der Waals surface area (Å²) in [5.41, 5.74) is 2.39. The number of nitrogens with one attached hydrogen (secondary N) is 2. The van der Waals surface area contributed by atoms with Crippen molar-refractivity contribution in [3.05, 3.63) is 29.3 Å². The van der Waals surface area contributed by atoms with Gasteiger partial charge in [0.25, 0.3) is 0 Å². The number of nitrogens with zero attached hydrogens (tertiary/aromatic N) is 1. The Kier molecular flexibility index (Phi) is 5.99. The fourth-order valence-corrected chi connectivity index (χ4v) is 4.89. The van der Waals surface area contributed by atoms with E-state index in [1.54, 1.807) is 12.1 Å². The third kappa shape index (κ3) is 4.27. The van der Waals surface area contributed by atoms with E-state index < -0.39 is 10.0 Å². The van der Waals surface area contributed by atoms with Crippen LogP contribution in [-0.4, -0.2) is 50.9 Å². The molecule has 2 aliphatic rings. The number of sulfonamides is 1. The van der Waals surface area contributed by atoms with E-state index in [0.29, 0.717) is 11.4 Å². The first-order valence-electron chi connectivity index (χ1n) is 9.53. The molecule has 0 aromatic heterocycles. The molecule has 2 N–H and O–H groups in total. The lowest BCUT2D eigenvalue weighted by Crippen LogP contribution is -2.57. The van der Waals surface area contributed by atoms with E-state index in [4.69, 9.17) is 0 Å². The molecule has 1 fully saturated rings. The fraction of sp³-hybridized carbons (Fsp3) is 0.632. The number of carbonyl (C=O) groups is 1. The molecule has 6 nitrogen and oxygen atoms in total. The van der Waals surface area contributed by atoms with Gasteiger partial charge in [-0.3, -0.25) is 4.79 Å². The Morgan fingerprint density at radius 2 is 1.96 bits per heavy atom. The minimum atomic E-state index is -3.58. The normalized spacial score (nSPS) is 23.5. The standard InChI is InChI=1S/C19H29N3O3S/c1-14-15(2)22(12-11-20-14)19(23)9-10-21-26(24,25)18-8-7-16-5-3-4-6-17(16)13-18/h7-8,13-15,20-21H,3-6,9-12H2,1-2H3. The van der Waals surface area contributed by atoms with Crippen LogP contribution in [0.3, 0.4) is 0 Å². The van der Waals surface area contributed by atoms with Gasteiger partial charge in [-0.1, -0.05) is 6.07 Å². The van der Waals surface area contributed by atoms with Gasteiger partial charge in [0.05, 0.1) is 4.90 Å². The summed E-state index contributed by atoms with van der Waals surface area (Å²) < 4.78 is 27.7. The van der Waals surface area contributed by atoms with Gasteiger partial charge in [0.2, 0.25) is 15.9 Å². The van der Waals surface area contributed by atoms with Crippen molar-refractivity contribution in [2.75, 3.05) is 19.6 Å². The molecule has 1 saturated heterocycles. The number of aryl methyl sites for hydroxylation is 2. The van der Waals surface area contributed by atoms with Crippen molar-refractivity contribution < 1.29 is 13.2 Å². The number of fused-ring (bicyclic) bond motifs is 1. The smallest absolute Gasteiger partial charge is 0.240 e. The van der Waals surface area contributed by atoms with Crippen LogP contribution in [0.4, 0.5) is 0 Å². The van der Waals surface area contributed by atoms with E-state index in [-0.39, 0.29) is 31.0 Å². The molecule has 1 amide bonds. The van der Waals surface area contributed by atoms with Gasteiger partial charge in [-0.2, -0.15) is 0 Å². The molecule has 0 saturated carbocycles. The summed E-state index contributed by atoms with van der Waals surface area (Å²) in [6.07, 6.45) is 4.43. The zero-order chi connectivity index (χ0) is 18.7. The highest BCUT2D eigenvalue weighted by atomic mass is 32.2. The molecular weight excluding hydrogens is 350 g/mol. The third-order valence-electron chi connectivity index (χ3n) is 5.62. The van der Waals surface area contributed by atoms with Crippen LogP contribution in [0.1, 0.15) is 44.2 Å². The van der Waals surface area contributed by atoms with Gasteiger partial charge in [0.1, 0.15) is 0 Å². The highest BCUT2D eigenvalue weighted by Crippen LogP contribution is 2.24. The Bertz CT molecular complexity index is 763. The van der Waals surface area contributed by atoms with E-state index >= 15 is 0 Å². The number of amides is 1. The maximum Gasteiger partial charge on any atom is 0.240 e. The van der Waals surface area contributed by atoms with Crippen molar-refractivity contribution in [3.8, 4) is 0 Å². The van der Waals surface area contributed by atoms with Gasteiger partial charge < -0.3 is 10.2 Å². The van der Waals surface area contributed by atoms with Gasteiger partial charge >= 0.3 is 0 Å². The van der Waals surface area contributed by atoms with Crippen molar-refractivity contribution in [1.29, 1.82) is 0 Å². The van der Waals surface area contributed by atoms with Gasteiger partial charge in [-0.05, 0) is 62.8 Å². The predicted octanol–water partition coefficient (Wildman–Crippen LogP) is 1.44. The summed E-state index contributed by atoms with van der Waals surface area (Å²) in [5, 5.41) is 3.34. The molecule has 26 heavy (non-hydrogen) atoms. The zero-order valence-electron chi connectivity index (χ0n) is 15.6. The number of carbonyl (C=O) groups excluding carboxylic acids is 1. The molecular formula is C19H29N3O3S. The summed E-state index contributed by atoms with van der Waals surface area (Å²) in [5.74, 6) is -0.000934. The second-order valence-corrected chi connectivity index (χ2v) is 9.12. The molecule has 144 valence electrons. The van der Waals surface area contributed by atoms with Crippen LogP contribution in [0, 0.1) is 0 Å². The lowest BCUT2D eigenvalue weighted by Gasteiger charge is -2.38. The maximum absolute atomic E-state index is 12.5. The average molecular weight is 380 g/mol. The summed E-state index contributed by atoms with van der Waals surface area (Å²) in [6.45, 7) is 5.65. The second kappa shape index (κ2) is 8.06. The molecule has 2 unspecified atom stereocenters. The molecule has 7 heteroatoms. The molecule has 1 aromatic carbocycles. The largest absolute Gasteiger partial charge is 0.337 e. The van der Waals surface area contributed by atoms with E-state index in [2.05, 4.69) is 17.0 Å². The first-order valence-corrected chi connectivity index (χ1v) is 11.0. The topological polar surface area (TPSA) is 78.5 Å². The SMILES string of the molecule is CC1NCCN(C(=O)CCNS(=O)(=O)c2ccc3c(c2)CCCC3)C1C. The van der Waals surface area contributed by atoms with Crippen LogP contribution in [0.15, 0.2) is 23.1 Å². The van der Waals surface area contributed by atoms with Crippen LogP contribution in [-0.2, 0) is 27.7 Å². The van der Waals surface area contributed by atoms with E-state index in [1.807, 2.05) is 17.9 Å². The van der Waals surface area contributed by atoms with E-state index in [1.165, 1.54) is 12.0 Å². The Morgan fingerprint density at radius 1 is 1.23 bits per heavy atom. The summed E-state index contributed by atoms with van der Waals surface area (Å²) >= 11 is 0. The van der Waals surface area contributed by atoms with Crippen LogP contribution in [0.2, 0.25) is 0 Å². The molecule has 0 radical (unpaired) electrons. The van der Waals surface area contributed by atoms with Crippen LogP contribution >= 0.6 is 0 Å². The predicted molar refractivity (Wildman–Crippen MR) is 102 cm³/mol. The van der Waals surface area contributed by atoms with Crippen molar-refractivity contribution in [1.82, 2.24) is 14.9 Å². The molecule has 1 aromatic rings. The monoisotopic (exact) mass is 379 g/mol. The fourth-order valence-electron chi connectivity index (χ4n) is 3.80. The molecule has 2 atom stereocenters. The van der Waals surface area contributed by atoms with Crippen molar-refractivity contribution >= 4 is 15.9 Å². The maximum atomic E-state index is 12.5. The quantitative estimate of drug-likeness (QED) is 0.812. The first-order chi connectivity index (χ1) is 12.4. The minimum Gasteiger partial charge on any atom is -0.337 e. The molecule has 1 aliphatic carbocycles. The first kappa shape index (κ1) is 19.3. The zero-order valence-corrected chi connectivity index (χ0v) is 16.4. The number of rotatable bonds is 5. The van der Waals surface area contributed by atoms with Gasteiger partial charge in [-0.25, -0.2) is 13.1 Å². The van der Waals surface area contributed by atoms with Crippen LogP contribution < -0.4 is 10.0 Å². The average Bonchev–Trinajstić information content (AvgIpc) is 2.63. The lowest BCUT2D eigenvalue weighted by atomic mass is 9.92. The Labute approximate surface area is 156 Å². The summed E-state index contributed by atoms with van der Waals surface area (Å²) in [6, 6.07) is 5.76. The Balaban J connectivity index is 1.57. The van der Waals surface area contributed by atoms with Gasteiger partial charge in [0, 0.05) is 38.1 Å². The van der Waals surface area contributed by atoms with Gasteiger partial charge in [0.15, 0.2) is 0 Å². The summed E-state index contributed by atoms with van der Waals surface area (Å²) in [4.78, 5) is 14.6. The number of piperazine rings is 1. The molecule has 0 spiro atoms. The van der Waals surface area contributed by atoms with Gasteiger partial charge in [-0.15, -0.1) is 0 Å². The Hall–Kier alpha value is -1.44. The minimum absolute atomic E-state index is 0.000934. The van der Waals surface area contributed by atoms with Crippen molar-refractivity contribution in [2.24, 2.45) is 0 Å². The second-order valence-electron chi connectivity index (χ2n) is 7.36. The van der Waals surface area contributed by atoms with Crippen molar-refractivity contribution in [3.63, 3.8) is 0 Å². The molecule has 0 bridgehead atoms. The van der Waals surface area contributed by atoms with E-state index in [9.17, 15) is 13.2 Å².